The maximum Gasteiger partial charge on any atom is 0.251 e. The number of anilines is 1. The van der Waals surface area contributed by atoms with Gasteiger partial charge in [0.1, 0.15) is 5.82 Å². The SMILES string of the molecule is O=C(N[C@@H]1CCCC[C@@H]1C(=O)N1CC[C@H]2[C@@H](c3ccc(F)cc3)Nc3ccccc3[C@H]21)c1ccccc1. The number of fused-ring (bicyclic) bond motifs is 3. The summed E-state index contributed by atoms with van der Waals surface area (Å²) in [7, 11) is 0. The highest BCUT2D eigenvalue weighted by atomic mass is 19.1. The Morgan fingerprint density at radius 2 is 1.59 bits per heavy atom. The second kappa shape index (κ2) is 10.0. The molecule has 190 valence electrons. The molecule has 0 radical (unpaired) electrons. The Labute approximate surface area is 217 Å². The van der Waals surface area contributed by atoms with E-state index in [2.05, 4.69) is 27.7 Å². The number of para-hydroxylation sites is 1. The van der Waals surface area contributed by atoms with Crippen LogP contribution in [-0.4, -0.2) is 29.3 Å². The smallest absolute Gasteiger partial charge is 0.251 e. The van der Waals surface area contributed by atoms with E-state index in [0.717, 1.165) is 48.9 Å². The van der Waals surface area contributed by atoms with Crippen molar-refractivity contribution in [3.05, 3.63) is 101 Å². The molecule has 2 aliphatic heterocycles. The molecule has 6 rings (SSSR count). The number of nitrogens with one attached hydrogen (secondary N) is 2. The molecule has 2 N–H and O–H groups in total. The highest BCUT2D eigenvalue weighted by Gasteiger charge is 2.48. The van der Waals surface area contributed by atoms with Gasteiger partial charge in [0.25, 0.3) is 5.91 Å². The molecule has 0 spiro atoms. The fraction of sp³-hybridized carbons (Fsp3) is 0.355. The molecule has 2 amide bonds. The third-order valence-corrected chi connectivity index (χ3v) is 8.41. The quantitative estimate of drug-likeness (QED) is 0.474. The Kier molecular flexibility index (Phi) is 6.41. The summed E-state index contributed by atoms with van der Waals surface area (Å²) < 4.78 is 13.7. The van der Waals surface area contributed by atoms with Gasteiger partial charge in [0.2, 0.25) is 5.91 Å². The van der Waals surface area contributed by atoms with E-state index < -0.39 is 0 Å². The maximum atomic E-state index is 14.2. The van der Waals surface area contributed by atoms with Crippen molar-refractivity contribution in [2.24, 2.45) is 11.8 Å². The summed E-state index contributed by atoms with van der Waals surface area (Å²) >= 11 is 0. The van der Waals surface area contributed by atoms with Crippen LogP contribution in [0, 0.1) is 17.7 Å². The molecule has 37 heavy (non-hydrogen) atoms. The highest BCUT2D eigenvalue weighted by molar-refractivity contribution is 5.95. The van der Waals surface area contributed by atoms with Crippen molar-refractivity contribution >= 4 is 17.5 Å². The molecule has 2 fully saturated rings. The van der Waals surface area contributed by atoms with Gasteiger partial charge in [-0.3, -0.25) is 9.59 Å². The van der Waals surface area contributed by atoms with Crippen LogP contribution in [0.15, 0.2) is 78.9 Å². The third-order valence-electron chi connectivity index (χ3n) is 8.41. The summed E-state index contributed by atoms with van der Waals surface area (Å²) in [6.07, 6.45) is 4.47. The second-order valence-corrected chi connectivity index (χ2v) is 10.5. The van der Waals surface area contributed by atoms with Crippen LogP contribution in [0.2, 0.25) is 0 Å². The van der Waals surface area contributed by atoms with Gasteiger partial charge in [0.05, 0.1) is 18.0 Å². The lowest BCUT2D eigenvalue weighted by Gasteiger charge is -2.42. The van der Waals surface area contributed by atoms with Gasteiger partial charge >= 0.3 is 0 Å². The lowest BCUT2D eigenvalue weighted by Crippen LogP contribution is -2.50. The number of nitrogens with zero attached hydrogens (tertiary/aromatic N) is 1. The van der Waals surface area contributed by atoms with Gasteiger partial charge in [-0.25, -0.2) is 4.39 Å². The van der Waals surface area contributed by atoms with Crippen LogP contribution in [0.4, 0.5) is 10.1 Å². The number of amides is 2. The first-order valence-corrected chi connectivity index (χ1v) is 13.4. The Balaban J connectivity index is 1.28. The van der Waals surface area contributed by atoms with E-state index >= 15 is 0 Å². The Hall–Kier alpha value is -3.67. The molecule has 6 heteroatoms. The molecule has 5 nitrogen and oxygen atoms in total. The fourth-order valence-corrected chi connectivity index (χ4v) is 6.63. The standard InChI is InChI=1S/C31H32FN3O2/c32-22-16-14-20(15-17-22)28-25-18-19-35(29(25)23-10-4-6-12-26(23)33-28)31(37)24-11-5-7-13-27(24)34-30(36)21-8-2-1-3-9-21/h1-4,6,8-10,12,14-17,24-25,27-29,33H,5,7,11,13,18-19H2,(H,34,36)/t24-,25-,27+,28+,29+/m0/s1. The number of likely N-dealkylation sites (tertiary alicyclic amines) is 1. The van der Waals surface area contributed by atoms with E-state index in [1.54, 1.807) is 0 Å². The largest absolute Gasteiger partial charge is 0.378 e. The number of hydrogen-bond donors (Lipinski definition) is 2. The summed E-state index contributed by atoms with van der Waals surface area (Å²) in [4.78, 5) is 29.2. The average molecular weight is 498 g/mol. The summed E-state index contributed by atoms with van der Waals surface area (Å²) in [5.41, 5.74) is 3.81. The first kappa shape index (κ1) is 23.7. The lowest BCUT2D eigenvalue weighted by atomic mass is 9.79. The van der Waals surface area contributed by atoms with E-state index in [4.69, 9.17) is 0 Å². The zero-order valence-corrected chi connectivity index (χ0v) is 20.8. The van der Waals surface area contributed by atoms with Gasteiger partial charge in [-0.2, -0.15) is 0 Å². The molecule has 2 heterocycles. The molecule has 3 aromatic rings. The van der Waals surface area contributed by atoms with Crippen LogP contribution >= 0.6 is 0 Å². The minimum absolute atomic E-state index is 0.00163. The number of rotatable bonds is 4. The first-order valence-electron chi connectivity index (χ1n) is 13.4. The number of carbonyl (C=O) groups is 2. The number of benzene rings is 3. The molecule has 3 aliphatic rings. The number of halogens is 1. The van der Waals surface area contributed by atoms with Crippen molar-refractivity contribution in [2.45, 2.75) is 50.2 Å². The molecule has 5 atom stereocenters. The molecule has 0 aromatic heterocycles. The van der Waals surface area contributed by atoms with Gasteiger partial charge in [-0.05, 0) is 60.7 Å². The predicted octanol–water partition coefficient (Wildman–Crippen LogP) is 5.87. The first-order chi connectivity index (χ1) is 18.1. The van der Waals surface area contributed by atoms with Gasteiger partial charge in [0, 0.05) is 29.8 Å². The summed E-state index contributed by atoms with van der Waals surface area (Å²) in [6.45, 7) is 0.678. The van der Waals surface area contributed by atoms with Crippen LogP contribution in [0.25, 0.3) is 0 Å². The minimum Gasteiger partial charge on any atom is -0.378 e. The maximum absolute atomic E-state index is 14.2. The van der Waals surface area contributed by atoms with Crippen LogP contribution < -0.4 is 10.6 Å². The zero-order chi connectivity index (χ0) is 25.4. The van der Waals surface area contributed by atoms with E-state index in [-0.39, 0.29) is 47.6 Å². The van der Waals surface area contributed by atoms with E-state index in [1.807, 2.05) is 54.6 Å². The van der Waals surface area contributed by atoms with Crippen LogP contribution in [0.1, 0.15) is 65.7 Å². The number of hydrogen-bond acceptors (Lipinski definition) is 3. The molecule has 0 unspecified atom stereocenters. The minimum atomic E-state index is -0.249. The van der Waals surface area contributed by atoms with Crippen LogP contribution in [0.3, 0.4) is 0 Å². The van der Waals surface area contributed by atoms with E-state index in [0.29, 0.717) is 12.1 Å². The molecule has 1 saturated heterocycles. The molecule has 3 aromatic carbocycles. The van der Waals surface area contributed by atoms with Gasteiger partial charge in [0.15, 0.2) is 0 Å². The fourth-order valence-electron chi connectivity index (χ4n) is 6.63. The number of carbonyl (C=O) groups excluding carboxylic acids is 2. The molecule has 0 bridgehead atoms. The van der Waals surface area contributed by atoms with Crippen molar-refractivity contribution in [2.75, 3.05) is 11.9 Å². The molecular weight excluding hydrogens is 465 g/mol. The molecule has 1 saturated carbocycles. The normalized spacial score (nSPS) is 26.5. The Bertz CT molecular complexity index is 1280. The summed E-state index contributed by atoms with van der Waals surface area (Å²) in [5, 5.41) is 6.87. The van der Waals surface area contributed by atoms with Crippen molar-refractivity contribution in [1.29, 1.82) is 0 Å². The van der Waals surface area contributed by atoms with Crippen molar-refractivity contribution < 1.29 is 14.0 Å². The third kappa shape index (κ3) is 4.50. The Morgan fingerprint density at radius 3 is 2.41 bits per heavy atom. The topological polar surface area (TPSA) is 61.4 Å². The van der Waals surface area contributed by atoms with Gasteiger partial charge in [-0.15, -0.1) is 0 Å². The van der Waals surface area contributed by atoms with Crippen molar-refractivity contribution in [3.8, 4) is 0 Å². The van der Waals surface area contributed by atoms with Crippen LogP contribution in [0.5, 0.6) is 0 Å². The summed E-state index contributed by atoms with van der Waals surface area (Å²) in [6, 6.07) is 23.9. The highest BCUT2D eigenvalue weighted by Crippen LogP contribution is 2.51. The van der Waals surface area contributed by atoms with E-state index in [1.165, 1.54) is 12.1 Å². The lowest BCUT2D eigenvalue weighted by molar-refractivity contribution is -0.138. The monoisotopic (exact) mass is 497 g/mol. The molecular formula is C31H32FN3O2. The van der Waals surface area contributed by atoms with Crippen LogP contribution in [-0.2, 0) is 4.79 Å². The summed E-state index contributed by atoms with van der Waals surface area (Å²) in [5.74, 6) is -0.273. The van der Waals surface area contributed by atoms with Gasteiger partial charge in [-0.1, -0.05) is 61.4 Å². The van der Waals surface area contributed by atoms with Crippen molar-refractivity contribution in [1.82, 2.24) is 10.2 Å². The molecule has 1 aliphatic carbocycles. The van der Waals surface area contributed by atoms with Gasteiger partial charge < -0.3 is 15.5 Å². The van der Waals surface area contributed by atoms with Crippen molar-refractivity contribution in [3.63, 3.8) is 0 Å². The Morgan fingerprint density at radius 1 is 0.865 bits per heavy atom. The zero-order valence-electron chi connectivity index (χ0n) is 20.8. The average Bonchev–Trinajstić information content (AvgIpc) is 3.39. The predicted molar refractivity (Wildman–Crippen MR) is 141 cm³/mol. The van der Waals surface area contributed by atoms with E-state index in [9.17, 15) is 14.0 Å². The second-order valence-electron chi connectivity index (χ2n) is 10.5.